The van der Waals surface area contributed by atoms with E-state index in [0.717, 1.165) is 55.7 Å². The third-order valence-electron chi connectivity index (χ3n) is 6.08. The Balaban J connectivity index is 1.59. The fourth-order valence-corrected chi connectivity index (χ4v) is 4.38. The highest BCUT2D eigenvalue weighted by molar-refractivity contribution is 5.97. The number of piperazine rings is 1. The van der Waals surface area contributed by atoms with Gasteiger partial charge in [0.2, 0.25) is 0 Å². The number of nitrogens with one attached hydrogen (secondary N) is 2. The first kappa shape index (κ1) is 18.6. The number of anilines is 1. The highest BCUT2D eigenvalue weighted by atomic mass is 19.3. The lowest BCUT2D eigenvalue weighted by molar-refractivity contribution is 0.147. The quantitative estimate of drug-likeness (QED) is 0.522. The Morgan fingerprint density at radius 2 is 1.94 bits per heavy atom. The number of alkyl halides is 2. The van der Waals surface area contributed by atoms with Crippen LogP contribution in [-0.4, -0.2) is 51.1 Å². The van der Waals surface area contributed by atoms with Gasteiger partial charge in [0.1, 0.15) is 11.5 Å². The van der Waals surface area contributed by atoms with E-state index >= 15 is 0 Å². The number of hydrogen-bond donors (Lipinski definition) is 2. The Morgan fingerprint density at radius 3 is 2.71 bits per heavy atom. The second kappa shape index (κ2) is 7.19. The van der Waals surface area contributed by atoms with Crippen LogP contribution in [0.5, 0.6) is 0 Å². The van der Waals surface area contributed by atoms with E-state index in [4.69, 9.17) is 9.97 Å². The Kier molecular flexibility index (Phi) is 4.31. The second-order valence-electron chi connectivity index (χ2n) is 8.15. The summed E-state index contributed by atoms with van der Waals surface area (Å²) in [4.78, 5) is 23.5. The number of pyridine rings is 2. The first-order chi connectivity index (χ1) is 15.2. The van der Waals surface area contributed by atoms with Crippen LogP contribution in [-0.2, 0) is 0 Å². The molecule has 1 saturated heterocycles. The summed E-state index contributed by atoms with van der Waals surface area (Å²) in [5.41, 5.74) is 2.93. The van der Waals surface area contributed by atoms with Gasteiger partial charge in [-0.05, 0) is 36.5 Å². The molecule has 6 rings (SSSR count). The van der Waals surface area contributed by atoms with Gasteiger partial charge >= 0.3 is 0 Å². The third kappa shape index (κ3) is 3.20. The zero-order valence-electron chi connectivity index (χ0n) is 16.8. The normalized spacial score (nSPS) is 17.2. The van der Waals surface area contributed by atoms with Gasteiger partial charge in [0.25, 0.3) is 6.43 Å². The molecule has 4 aromatic rings. The van der Waals surface area contributed by atoms with Crippen molar-refractivity contribution < 1.29 is 8.78 Å². The van der Waals surface area contributed by atoms with Crippen molar-refractivity contribution in [2.45, 2.75) is 25.2 Å². The van der Waals surface area contributed by atoms with Gasteiger partial charge in [-0.1, -0.05) is 0 Å². The maximum absolute atomic E-state index is 13.3. The molecule has 4 aromatic heterocycles. The largest absolute Gasteiger partial charge is 0.353 e. The summed E-state index contributed by atoms with van der Waals surface area (Å²) >= 11 is 0. The van der Waals surface area contributed by atoms with Crippen molar-refractivity contribution in [1.29, 1.82) is 0 Å². The van der Waals surface area contributed by atoms with Crippen LogP contribution in [0.4, 0.5) is 14.6 Å². The molecular formula is C22H21F2N7. The van der Waals surface area contributed by atoms with Crippen LogP contribution >= 0.6 is 0 Å². The summed E-state index contributed by atoms with van der Waals surface area (Å²) in [6.07, 6.45) is 5.04. The Hall–Kier alpha value is -3.20. The van der Waals surface area contributed by atoms with Crippen LogP contribution in [0.1, 0.15) is 36.4 Å². The number of aromatic nitrogens is 5. The molecule has 0 radical (unpaired) electrons. The minimum absolute atomic E-state index is 0.157. The molecule has 1 saturated carbocycles. The summed E-state index contributed by atoms with van der Waals surface area (Å²) < 4.78 is 26.5. The molecule has 2 fully saturated rings. The lowest BCUT2D eigenvalue weighted by Crippen LogP contribution is -2.44. The molecule has 5 heterocycles. The highest BCUT2D eigenvalue weighted by Crippen LogP contribution is 2.45. The van der Waals surface area contributed by atoms with Gasteiger partial charge in [-0.15, -0.1) is 0 Å². The standard InChI is InChI=1S/C22H21F2N7/c23-19(24)16-9-14-13(3-4-27-20(14)28-16)21-29-17-11-26-10-15(12-1-2-12)18(17)22(30-21)31-7-5-25-6-8-31/h3-4,9-12,19,25H,1-2,5-8H2,(H,27,28). The van der Waals surface area contributed by atoms with Gasteiger partial charge in [-0.25, -0.2) is 23.7 Å². The average molecular weight is 421 g/mol. The molecule has 9 heteroatoms. The molecular weight excluding hydrogens is 400 g/mol. The van der Waals surface area contributed by atoms with Crippen molar-refractivity contribution >= 4 is 27.8 Å². The van der Waals surface area contributed by atoms with Crippen LogP contribution < -0.4 is 10.2 Å². The van der Waals surface area contributed by atoms with Gasteiger partial charge in [0.15, 0.2) is 5.82 Å². The number of H-pyrrole nitrogens is 1. The summed E-state index contributed by atoms with van der Waals surface area (Å²) in [5, 5.41) is 5.04. The van der Waals surface area contributed by atoms with Crippen molar-refractivity contribution in [1.82, 2.24) is 30.2 Å². The van der Waals surface area contributed by atoms with E-state index < -0.39 is 6.43 Å². The van der Waals surface area contributed by atoms with E-state index in [1.807, 2.05) is 6.20 Å². The van der Waals surface area contributed by atoms with E-state index in [1.165, 1.54) is 11.6 Å². The van der Waals surface area contributed by atoms with Gasteiger partial charge < -0.3 is 15.2 Å². The summed E-state index contributed by atoms with van der Waals surface area (Å²) in [5.74, 6) is 1.92. The summed E-state index contributed by atoms with van der Waals surface area (Å²) in [6.45, 7) is 3.48. The molecule has 0 amide bonds. The first-order valence-corrected chi connectivity index (χ1v) is 10.6. The van der Waals surface area contributed by atoms with Gasteiger partial charge in [-0.2, -0.15) is 0 Å². The monoisotopic (exact) mass is 421 g/mol. The zero-order valence-corrected chi connectivity index (χ0v) is 16.8. The number of fused-ring (bicyclic) bond motifs is 2. The SMILES string of the molecule is FC(F)c1cc2c(-c3nc(N4CCNCC4)c4c(C5CC5)cncc4n3)ccnc2[nH]1. The Labute approximate surface area is 176 Å². The van der Waals surface area contributed by atoms with E-state index in [2.05, 4.69) is 25.2 Å². The number of halogens is 2. The molecule has 0 aromatic carbocycles. The van der Waals surface area contributed by atoms with E-state index in [-0.39, 0.29) is 5.69 Å². The predicted octanol–water partition coefficient (Wildman–Crippen LogP) is 3.79. The number of nitrogens with zero attached hydrogens (tertiary/aromatic N) is 5. The van der Waals surface area contributed by atoms with E-state index in [9.17, 15) is 8.78 Å². The molecule has 7 nitrogen and oxygen atoms in total. The smallest absolute Gasteiger partial charge is 0.278 e. The molecule has 1 aliphatic heterocycles. The topological polar surface area (TPSA) is 82.6 Å². The second-order valence-corrected chi connectivity index (χ2v) is 8.15. The molecule has 0 spiro atoms. The maximum atomic E-state index is 13.3. The molecule has 1 aliphatic carbocycles. The summed E-state index contributed by atoms with van der Waals surface area (Å²) in [7, 11) is 0. The van der Waals surface area contributed by atoms with Crippen LogP contribution in [0.2, 0.25) is 0 Å². The molecule has 0 atom stereocenters. The average Bonchev–Trinajstić information content (AvgIpc) is 3.55. The molecule has 0 bridgehead atoms. The van der Waals surface area contributed by atoms with Crippen LogP contribution in [0, 0.1) is 0 Å². The number of aromatic amines is 1. The van der Waals surface area contributed by atoms with Crippen molar-refractivity contribution in [2.24, 2.45) is 0 Å². The van der Waals surface area contributed by atoms with Crippen molar-refractivity contribution in [3.8, 4) is 11.4 Å². The number of hydrogen-bond acceptors (Lipinski definition) is 6. The lowest BCUT2D eigenvalue weighted by atomic mass is 10.1. The van der Waals surface area contributed by atoms with E-state index in [1.54, 1.807) is 18.5 Å². The maximum Gasteiger partial charge on any atom is 0.278 e. The minimum atomic E-state index is -2.60. The zero-order chi connectivity index (χ0) is 20.9. The van der Waals surface area contributed by atoms with E-state index in [0.29, 0.717) is 28.3 Å². The highest BCUT2D eigenvalue weighted by Gasteiger charge is 2.29. The van der Waals surface area contributed by atoms with Crippen molar-refractivity contribution in [3.63, 3.8) is 0 Å². The minimum Gasteiger partial charge on any atom is -0.353 e. The fraction of sp³-hybridized carbons (Fsp3) is 0.364. The molecule has 0 unspecified atom stereocenters. The lowest BCUT2D eigenvalue weighted by Gasteiger charge is -2.30. The molecule has 31 heavy (non-hydrogen) atoms. The molecule has 2 N–H and O–H groups in total. The Bertz CT molecular complexity index is 1280. The molecule has 158 valence electrons. The van der Waals surface area contributed by atoms with Gasteiger partial charge in [-0.3, -0.25) is 4.98 Å². The first-order valence-electron chi connectivity index (χ1n) is 10.6. The van der Waals surface area contributed by atoms with Crippen molar-refractivity contribution in [2.75, 3.05) is 31.1 Å². The summed E-state index contributed by atoms with van der Waals surface area (Å²) in [6, 6.07) is 3.23. The van der Waals surface area contributed by atoms with Crippen LogP contribution in [0.15, 0.2) is 30.7 Å². The van der Waals surface area contributed by atoms with Gasteiger partial charge in [0, 0.05) is 54.9 Å². The van der Waals surface area contributed by atoms with Crippen LogP contribution in [0.3, 0.4) is 0 Å². The van der Waals surface area contributed by atoms with Gasteiger partial charge in [0.05, 0.1) is 17.4 Å². The Morgan fingerprint density at radius 1 is 1.10 bits per heavy atom. The molecule has 2 aliphatic rings. The third-order valence-corrected chi connectivity index (χ3v) is 6.08. The van der Waals surface area contributed by atoms with Crippen LogP contribution in [0.25, 0.3) is 33.3 Å². The number of rotatable bonds is 4. The fourth-order valence-electron chi connectivity index (χ4n) is 4.38. The predicted molar refractivity (Wildman–Crippen MR) is 114 cm³/mol. The van der Waals surface area contributed by atoms with Crippen molar-refractivity contribution in [3.05, 3.63) is 42.0 Å².